The lowest BCUT2D eigenvalue weighted by molar-refractivity contribution is 0.170. The SMILES string of the molecule is CC1CCCN(CCCOc2ccc(-c3ccncc3)cc2)C1. The minimum atomic E-state index is 0.791. The van der Waals surface area contributed by atoms with Gasteiger partial charge in [-0.25, -0.2) is 0 Å². The third-order valence-corrected chi connectivity index (χ3v) is 4.50. The predicted octanol–water partition coefficient (Wildman–Crippen LogP) is 4.25. The number of hydrogen-bond acceptors (Lipinski definition) is 3. The first kappa shape index (κ1) is 16.0. The van der Waals surface area contributed by atoms with Crippen molar-refractivity contribution in [2.45, 2.75) is 26.2 Å². The summed E-state index contributed by atoms with van der Waals surface area (Å²) in [5.74, 6) is 1.81. The van der Waals surface area contributed by atoms with Gasteiger partial charge in [-0.05, 0) is 67.1 Å². The number of piperidine rings is 1. The van der Waals surface area contributed by atoms with E-state index in [0.717, 1.165) is 31.2 Å². The van der Waals surface area contributed by atoms with Crippen LogP contribution in [-0.2, 0) is 0 Å². The average Bonchev–Trinajstić information content (AvgIpc) is 2.60. The van der Waals surface area contributed by atoms with Gasteiger partial charge in [0.15, 0.2) is 0 Å². The maximum absolute atomic E-state index is 5.88. The van der Waals surface area contributed by atoms with E-state index >= 15 is 0 Å². The molecule has 1 aromatic carbocycles. The summed E-state index contributed by atoms with van der Waals surface area (Å²) < 4.78 is 5.88. The minimum Gasteiger partial charge on any atom is -0.494 e. The van der Waals surface area contributed by atoms with E-state index < -0.39 is 0 Å². The van der Waals surface area contributed by atoms with Gasteiger partial charge >= 0.3 is 0 Å². The van der Waals surface area contributed by atoms with E-state index in [1.165, 1.54) is 37.1 Å². The number of hydrogen-bond donors (Lipinski definition) is 0. The van der Waals surface area contributed by atoms with Gasteiger partial charge in [0, 0.05) is 25.5 Å². The van der Waals surface area contributed by atoms with Crippen molar-refractivity contribution < 1.29 is 4.74 Å². The van der Waals surface area contributed by atoms with Crippen molar-refractivity contribution in [3.05, 3.63) is 48.8 Å². The van der Waals surface area contributed by atoms with Crippen LogP contribution in [0, 0.1) is 5.92 Å². The zero-order valence-corrected chi connectivity index (χ0v) is 13.9. The number of ether oxygens (including phenoxy) is 1. The molecule has 23 heavy (non-hydrogen) atoms. The van der Waals surface area contributed by atoms with Crippen molar-refractivity contribution in [2.75, 3.05) is 26.2 Å². The smallest absolute Gasteiger partial charge is 0.119 e. The molecule has 0 radical (unpaired) electrons. The third-order valence-electron chi connectivity index (χ3n) is 4.50. The summed E-state index contributed by atoms with van der Waals surface area (Å²) in [6.45, 7) is 6.80. The number of likely N-dealkylation sites (tertiary alicyclic amines) is 1. The molecule has 0 N–H and O–H groups in total. The van der Waals surface area contributed by atoms with Crippen LogP contribution in [0.25, 0.3) is 11.1 Å². The zero-order chi connectivity index (χ0) is 15.9. The van der Waals surface area contributed by atoms with Crippen LogP contribution in [0.4, 0.5) is 0 Å². The Morgan fingerprint density at radius 3 is 2.57 bits per heavy atom. The Morgan fingerprint density at radius 1 is 1.09 bits per heavy atom. The summed E-state index contributed by atoms with van der Waals surface area (Å²) >= 11 is 0. The highest BCUT2D eigenvalue weighted by Gasteiger charge is 2.15. The average molecular weight is 310 g/mol. The second-order valence-electron chi connectivity index (χ2n) is 6.51. The molecule has 1 aromatic heterocycles. The largest absolute Gasteiger partial charge is 0.494 e. The van der Waals surface area contributed by atoms with E-state index in [-0.39, 0.29) is 0 Å². The van der Waals surface area contributed by atoms with Gasteiger partial charge in [-0.3, -0.25) is 4.98 Å². The molecule has 1 aliphatic rings. The van der Waals surface area contributed by atoms with Gasteiger partial charge in [-0.15, -0.1) is 0 Å². The molecule has 0 bridgehead atoms. The van der Waals surface area contributed by atoms with Crippen LogP contribution < -0.4 is 4.74 Å². The summed E-state index contributed by atoms with van der Waals surface area (Å²) in [7, 11) is 0. The number of pyridine rings is 1. The van der Waals surface area contributed by atoms with Crippen LogP contribution in [0.3, 0.4) is 0 Å². The van der Waals surface area contributed by atoms with Crippen LogP contribution >= 0.6 is 0 Å². The molecule has 3 rings (SSSR count). The lowest BCUT2D eigenvalue weighted by Gasteiger charge is -2.30. The van der Waals surface area contributed by atoms with Gasteiger partial charge in [-0.2, -0.15) is 0 Å². The zero-order valence-electron chi connectivity index (χ0n) is 13.9. The number of rotatable bonds is 6. The Morgan fingerprint density at radius 2 is 1.83 bits per heavy atom. The molecule has 1 aliphatic heterocycles. The van der Waals surface area contributed by atoms with Gasteiger partial charge in [-0.1, -0.05) is 19.1 Å². The van der Waals surface area contributed by atoms with Crippen molar-refractivity contribution in [1.82, 2.24) is 9.88 Å². The molecule has 3 nitrogen and oxygen atoms in total. The third kappa shape index (κ3) is 4.80. The summed E-state index contributed by atoms with van der Waals surface area (Å²) in [4.78, 5) is 6.63. The first-order valence-electron chi connectivity index (χ1n) is 8.67. The van der Waals surface area contributed by atoms with Crippen molar-refractivity contribution in [2.24, 2.45) is 5.92 Å². The Hall–Kier alpha value is -1.87. The maximum atomic E-state index is 5.88. The normalized spacial score (nSPS) is 18.7. The van der Waals surface area contributed by atoms with Crippen molar-refractivity contribution in [3.63, 3.8) is 0 Å². The second kappa shape index (κ2) is 8.11. The molecular formula is C20H26N2O. The first-order valence-corrected chi connectivity index (χ1v) is 8.67. The molecule has 0 amide bonds. The summed E-state index contributed by atoms with van der Waals surface area (Å²) in [6, 6.07) is 12.4. The quantitative estimate of drug-likeness (QED) is 0.746. The van der Waals surface area contributed by atoms with Crippen LogP contribution in [0.2, 0.25) is 0 Å². The fourth-order valence-electron chi connectivity index (χ4n) is 3.26. The van der Waals surface area contributed by atoms with Crippen molar-refractivity contribution in [3.8, 4) is 16.9 Å². The Labute approximate surface area is 139 Å². The number of aromatic nitrogens is 1. The summed E-state index contributed by atoms with van der Waals surface area (Å²) in [5, 5.41) is 0. The molecule has 1 atom stereocenters. The van der Waals surface area contributed by atoms with Gasteiger partial charge in [0.1, 0.15) is 5.75 Å². The van der Waals surface area contributed by atoms with E-state index in [4.69, 9.17) is 4.74 Å². The summed E-state index contributed by atoms with van der Waals surface area (Å²) in [5.41, 5.74) is 2.38. The van der Waals surface area contributed by atoms with E-state index in [0.29, 0.717) is 0 Å². The fourth-order valence-corrected chi connectivity index (χ4v) is 3.26. The molecule has 2 aromatic rings. The molecule has 1 saturated heterocycles. The number of nitrogens with zero attached hydrogens (tertiary/aromatic N) is 2. The van der Waals surface area contributed by atoms with E-state index in [1.807, 2.05) is 24.5 Å². The highest BCUT2D eigenvalue weighted by molar-refractivity contribution is 5.63. The lowest BCUT2D eigenvalue weighted by atomic mass is 10.0. The van der Waals surface area contributed by atoms with Gasteiger partial charge < -0.3 is 9.64 Å². The van der Waals surface area contributed by atoms with Crippen LogP contribution in [-0.4, -0.2) is 36.1 Å². The predicted molar refractivity (Wildman–Crippen MR) is 94.6 cm³/mol. The first-order chi connectivity index (χ1) is 11.3. The second-order valence-corrected chi connectivity index (χ2v) is 6.51. The highest BCUT2D eigenvalue weighted by atomic mass is 16.5. The molecule has 0 saturated carbocycles. The maximum Gasteiger partial charge on any atom is 0.119 e. The van der Waals surface area contributed by atoms with Gasteiger partial charge in [0.05, 0.1) is 6.61 Å². The Balaban J connectivity index is 1.42. The molecule has 1 fully saturated rings. The fraction of sp³-hybridized carbons (Fsp3) is 0.450. The molecule has 1 unspecified atom stereocenters. The Kier molecular flexibility index (Phi) is 5.65. The van der Waals surface area contributed by atoms with Crippen LogP contribution in [0.1, 0.15) is 26.2 Å². The standard InChI is InChI=1S/C20H26N2O/c1-17-4-2-13-22(16-17)14-3-15-23-20-7-5-18(6-8-20)19-9-11-21-12-10-19/h5-12,17H,2-4,13-16H2,1H3. The molecule has 3 heteroatoms. The molecule has 2 heterocycles. The highest BCUT2D eigenvalue weighted by Crippen LogP contribution is 2.22. The number of benzene rings is 1. The Bertz CT molecular complexity index is 582. The van der Waals surface area contributed by atoms with E-state index in [1.54, 1.807) is 0 Å². The molecule has 0 aliphatic carbocycles. The van der Waals surface area contributed by atoms with Crippen molar-refractivity contribution >= 4 is 0 Å². The minimum absolute atomic E-state index is 0.791. The van der Waals surface area contributed by atoms with Crippen LogP contribution in [0.15, 0.2) is 48.8 Å². The van der Waals surface area contributed by atoms with Gasteiger partial charge in [0.2, 0.25) is 0 Å². The lowest BCUT2D eigenvalue weighted by Crippen LogP contribution is -2.35. The van der Waals surface area contributed by atoms with E-state index in [9.17, 15) is 0 Å². The van der Waals surface area contributed by atoms with E-state index in [2.05, 4.69) is 41.1 Å². The van der Waals surface area contributed by atoms with Crippen molar-refractivity contribution in [1.29, 1.82) is 0 Å². The van der Waals surface area contributed by atoms with Gasteiger partial charge in [0.25, 0.3) is 0 Å². The molecular weight excluding hydrogens is 284 g/mol. The monoisotopic (exact) mass is 310 g/mol. The topological polar surface area (TPSA) is 25.4 Å². The summed E-state index contributed by atoms with van der Waals surface area (Å²) in [6.07, 6.45) is 7.47. The molecule has 122 valence electrons. The van der Waals surface area contributed by atoms with Crippen LogP contribution in [0.5, 0.6) is 5.75 Å². The molecule has 0 spiro atoms.